The fourth-order valence-electron chi connectivity index (χ4n) is 3.51. The number of halogens is 2. The molecule has 0 spiro atoms. The third-order valence-corrected chi connectivity index (χ3v) is 5.45. The molecule has 2 aromatic heterocycles. The molecule has 8 heteroatoms. The second-order valence-electron chi connectivity index (χ2n) is 7.06. The molecule has 0 atom stereocenters. The Balaban J connectivity index is 1.46. The van der Waals surface area contributed by atoms with Gasteiger partial charge in [0.1, 0.15) is 11.0 Å². The number of hydrogen-bond donors (Lipinski definition) is 0. The average molecular weight is 414 g/mol. The number of aryl methyl sites for hydroxylation is 1. The van der Waals surface area contributed by atoms with Crippen molar-refractivity contribution in [1.29, 1.82) is 0 Å². The lowest BCUT2D eigenvalue weighted by Crippen LogP contribution is -2.48. The van der Waals surface area contributed by atoms with Gasteiger partial charge in [0.25, 0.3) is 5.91 Å². The Morgan fingerprint density at radius 1 is 1.07 bits per heavy atom. The van der Waals surface area contributed by atoms with Crippen LogP contribution in [-0.4, -0.2) is 56.7 Å². The summed E-state index contributed by atoms with van der Waals surface area (Å²) in [6.07, 6.45) is 3.58. The zero-order valence-electron chi connectivity index (χ0n) is 16.1. The highest BCUT2D eigenvalue weighted by Crippen LogP contribution is 2.25. The van der Waals surface area contributed by atoms with Crippen molar-refractivity contribution in [2.45, 2.75) is 13.5 Å². The topological polar surface area (TPSA) is 54.3 Å². The number of nitrogens with zero attached hydrogens (tertiary/aromatic N) is 5. The number of aromatic nitrogens is 3. The lowest BCUT2D eigenvalue weighted by Gasteiger charge is -2.34. The predicted molar refractivity (Wildman–Crippen MR) is 109 cm³/mol. The second kappa shape index (κ2) is 8.31. The minimum atomic E-state index is -0.338. The van der Waals surface area contributed by atoms with Crippen LogP contribution in [0.25, 0.3) is 5.69 Å². The highest BCUT2D eigenvalue weighted by Gasteiger charge is 2.28. The standard InChI is InChI=1S/C21H21ClFN5O/c1-15-19(20(22)28(25-15)18-4-2-17(23)3-5-18)21(29)27-12-10-26(11-13-27)14-16-6-8-24-9-7-16/h2-9H,10-14H2,1H3. The van der Waals surface area contributed by atoms with Gasteiger partial charge < -0.3 is 4.90 Å². The van der Waals surface area contributed by atoms with Gasteiger partial charge >= 0.3 is 0 Å². The van der Waals surface area contributed by atoms with Crippen molar-refractivity contribution in [3.63, 3.8) is 0 Å². The molecule has 1 aliphatic rings. The Labute approximate surface area is 173 Å². The van der Waals surface area contributed by atoms with Crippen molar-refractivity contribution in [3.05, 3.63) is 76.6 Å². The van der Waals surface area contributed by atoms with Crippen LogP contribution >= 0.6 is 11.6 Å². The number of piperazine rings is 1. The molecule has 1 saturated heterocycles. The summed E-state index contributed by atoms with van der Waals surface area (Å²) in [4.78, 5) is 21.3. The number of carbonyl (C=O) groups is 1. The van der Waals surface area contributed by atoms with E-state index in [1.807, 2.05) is 17.0 Å². The fourth-order valence-corrected chi connectivity index (χ4v) is 3.86. The molecule has 3 aromatic rings. The van der Waals surface area contributed by atoms with Crippen molar-refractivity contribution < 1.29 is 9.18 Å². The van der Waals surface area contributed by atoms with Crippen LogP contribution in [-0.2, 0) is 6.54 Å². The first-order chi connectivity index (χ1) is 14.0. The van der Waals surface area contributed by atoms with E-state index in [1.54, 1.807) is 31.5 Å². The quantitative estimate of drug-likeness (QED) is 0.658. The van der Waals surface area contributed by atoms with Crippen molar-refractivity contribution in [1.82, 2.24) is 24.6 Å². The summed E-state index contributed by atoms with van der Waals surface area (Å²) in [6, 6.07) is 9.85. The zero-order chi connectivity index (χ0) is 20.4. The van der Waals surface area contributed by atoms with E-state index in [0.29, 0.717) is 30.0 Å². The van der Waals surface area contributed by atoms with Gasteiger partial charge in [-0.15, -0.1) is 0 Å². The second-order valence-corrected chi connectivity index (χ2v) is 7.42. The molecule has 3 heterocycles. The Morgan fingerprint density at radius 3 is 2.38 bits per heavy atom. The van der Waals surface area contributed by atoms with Gasteiger partial charge in [0.15, 0.2) is 0 Å². The van der Waals surface area contributed by atoms with Gasteiger partial charge in [-0.1, -0.05) is 11.6 Å². The molecule has 0 aliphatic carbocycles. The van der Waals surface area contributed by atoms with E-state index in [1.165, 1.54) is 22.4 Å². The first-order valence-electron chi connectivity index (χ1n) is 9.44. The minimum absolute atomic E-state index is 0.121. The molecule has 150 valence electrons. The molecule has 6 nitrogen and oxygen atoms in total. The van der Waals surface area contributed by atoms with Gasteiger partial charge in [-0.3, -0.25) is 14.7 Å². The molecular formula is C21H21ClFN5O. The van der Waals surface area contributed by atoms with Crippen molar-refractivity contribution >= 4 is 17.5 Å². The Bertz CT molecular complexity index is 998. The minimum Gasteiger partial charge on any atom is -0.336 e. The third kappa shape index (κ3) is 4.16. The van der Waals surface area contributed by atoms with Crippen LogP contribution in [0.1, 0.15) is 21.6 Å². The van der Waals surface area contributed by atoms with Crippen LogP contribution in [0.4, 0.5) is 4.39 Å². The highest BCUT2D eigenvalue weighted by molar-refractivity contribution is 6.33. The smallest absolute Gasteiger partial charge is 0.258 e. The van der Waals surface area contributed by atoms with Crippen LogP contribution in [0.3, 0.4) is 0 Å². The number of benzene rings is 1. The Morgan fingerprint density at radius 2 is 1.72 bits per heavy atom. The molecule has 0 bridgehead atoms. The summed E-state index contributed by atoms with van der Waals surface area (Å²) < 4.78 is 14.7. The largest absolute Gasteiger partial charge is 0.336 e. The zero-order valence-corrected chi connectivity index (χ0v) is 16.8. The highest BCUT2D eigenvalue weighted by atomic mass is 35.5. The summed E-state index contributed by atoms with van der Waals surface area (Å²) in [5.41, 5.74) is 2.78. The summed E-state index contributed by atoms with van der Waals surface area (Å²) in [7, 11) is 0. The van der Waals surface area contributed by atoms with Gasteiger partial charge in [0, 0.05) is 45.1 Å². The van der Waals surface area contributed by atoms with Crippen LogP contribution in [0, 0.1) is 12.7 Å². The van der Waals surface area contributed by atoms with Gasteiger partial charge in [0.2, 0.25) is 0 Å². The molecular weight excluding hydrogens is 393 g/mol. The summed E-state index contributed by atoms with van der Waals surface area (Å²) in [5.74, 6) is -0.459. The average Bonchev–Trinajstić information content (AvgIpc) is 3.03. The maximum Gasteiger partial charge on any atom is 0.258 e. The lowest BCUT2D eigenvalue weighted by molar-refractivity contribution is 0.0628. The SMILES string of the molecule is Cc1nn(-c2ccc(F)cc2)c(Cl)c1C(=O)N1CCN(Cc2ccncc2)CC1. The van der Waals surface area contributed by atoms with E-state index >= 15 is 0 Å². The van der Waals surface area contributed by atoms with Crippen LogP contribution in [0.15, 0.2) is 48.8 Å². The van der Waals surface area contributed by atoms with E-state index in [2.05, 4.69) is 15.0 Å². The molecule has 0 unspecified atom stereocenters. The van der Waals surface area contributed by atoms with Gasteiger partial charge in [-0.2, -0.15) is 5.10 Å². The van der Waals surface area contributed by atoms with Crippen LogP contribution in [0.5, 0.6) is 0 Å². The number of carbonyl (C=O) groups excluding carboxylic acids is 1. The maximum absolute atomic E-state index is 13.2. The fraction of sp³-hybridized carbons (Fsp3) is 0.286. The van der Waals surface area contributed by atoms with Crippen molar-refractivity contribution in [3.8, 4) is 5.69 Å². The molecule has 1 fully saturated rings. The summed E-state index contributed by atoms with van der Waals surface area (Å²) in [5, 5.41) is 4.64. The third-order valence-electron chi connectivity index (χ3n) is 5.10. The van der Waals surface area contributed by atoms with E-state index in [9.17, 15) is 9.18 Å². The Kier molecular flexibility index (Phi) is 5.60. The van der Waals surface area contributed by atoms with Gasteiger partial charge in [0.05, 0.1) is 16.9 Å². The number of amides is 1. The van der Waals surface area contributed by atoms with Crippen molar-refractivity contribution in [2.75, 3.05) is 26.2 Å². The number of hydrogen-bond acceptors (Lipinski definition) is 4. The molecule has 29 heavy (non-hydrogen) atoms. The molecule has 0 saturated carbocycles. The molecule has 1 aromatic carbocycles. The van der Waals surface area contributed by atoms with Gasteiger partial charge in [-0.25, -0.2) is 9.07 Å². The van der Waals surface area contributed by atoms with Gasteiger partial charge in [-0.05, 0) is 48.9 Å². The van der Waals surface area contributed by atoms with E-state index in [4.69, 9.17) is 11.6 Å². The lowest BCUT2D eigenvalue weighted by atomic mass is 10.2. The molecule has 0 radical (unpaired) electrons. The molecule has 4 rings (SSSR count). The predicted octanol–water partition coefficient (Wildman–Crippen LogP) is 3.33. The maximum atomic E-state index is 13.2. The first-order valence-corrected chi connectivity index (χ1v) is 9.82. The first kappa shape index (κ1) is 19.5. The molecule has 1 amide bonds. The summed E-state index contributed by atoms with van der Waals surface area (Å²) in [6.45, 7) is 5.43. The van der Waals surface area contributed by atoms with Crippen LogP contribution < -0.4 is 0 Å². The monoisotopic (exact) mass is 413 g/mol. The van der Waals surface area contributed by atoms with E-state index < -0.39 is 0 Å². The normalized spacial score (nSPS) is 14.9. The summed E-state index contributed by atoms with van der Waals surface area (Å²) >= 11 is 6.50. The van der Waals surface area contributed by atoms with E-state index in [-0.39, 0.29) is 16.9 Å². The van der Waals surface area contributed by atoms with Crippen molar-refractivity contribution in [2.24, 2.45) is 0 Å². The number of rotatable bonds is 4. The van der Waals surface area contributed by atoms with Crippen LogP contribution in [0.2, 0.25) is 5.15 Å². The number of pyridine rings is 1. The molecule has 0 N–H and O–H groups in total. The Hall–Kier alpha value is -2.77. The molecule has 1 aliphatic heterocycles. The van der Waals surface area contributed by atoms with E-state index in [0.717, 1.165) is 19.6 Å².